The lowest BCUT2D eigenvalue weighted by molar-refractivity contribution is 0.0981. The van der Waals surface area contributed by atoms with E-state index >= 15 is 0 Å². The molecule has 0 amide bonds. The molecule has 5 heteroatoms. The Labute approximate surface area is 92.0 Å². The fourth-order valence-corrected chi connectivity index (χ4v) is 1.45. The summed E-state index contributed by atoms with van der Waals surface area (Å²) in [6.07, 6.45) is 0.135. The highest BCUT2D eigenvalue weighted by Crippen LogP contribution is 2.27. The molecule has 1 aromatic rings. The maximum absolute atomic E-state index is 13.3. The van der Waals surface area contributed by atoms with Gasteiger partial charge in [-0.3, -0.25) is 4.79 Å². The molecule has 1 rings (SSSR count). The average molecular weight is 232 g/mol. The third-order valence-corrected chi connectivity index (χ3v) is 2.10. The van der Waals surface area contributed by atoms with Gasteiger partial charge in [-0.25, -0.2) is 4.39 Å². The minimum Gasteiger partial charge on any atom is -0.493 e. The third kappa shape index (κ3) is 2.67. The minimum atomic E-state index is -0.648. The number of ether oxygens (including phenoxy) is 1. The van der Waals surface area contributed by atoms with Crippen LogP contribution in [0, 0.1) is 5.82 Å². The molecule has 0 spiro atoms. The zero-order valence-electron chi connectivity index (χ0n) is 8.22. The van der Waals surface area contributed by atoms with Gasteiger partial charge in [-0.05, 0) is 18.7 Å². The van der Waals surface area contributed by atoms with Gasteiger partial charge < -0.3 is 10.5 Å². The van der Waals surface area contributed by atoms with Crippen LogP contribution in [0.1, 0.15) is 16.8 Å². The van der Waals surface area contributed by atoms with Crippen molar-refractivity contribution in [3.63, 3.8) is 0 Å². The summed E-state index contributed by atoms with van der Waals surface area (Å²) in [6, 6.07) is 2.47. The number of rotatable bonds is 4. The van der Waals surface area contributed by atoms with Crippen LogP contribution < -0.4 is 10.5 Å². The zero-order chi connectivity index (χ0) is 11.4. The number of nitrogens with two attached hydrogens (primary N) is 1. The summed E-state index contributed by atoms with van der Waals surface area (Å²) in [6.45, 7) is 0.204. The smallest absolute Gasteiger partial charge is 0.168 e. The summed E-state index contributed by atoms with van der Waals surface area (Å²) in [4.78, 5) is 11.5. The van der Waals surface area contributed by atoms with Gasteiger partial charge in [-0.1, -0.05) is 11.6 Å². The van der Waals surface area contributed by atoms with Gasteiger partial charge in [-0.15, -0.1) is 0 Å². The van der Waals surface area contributed by atoms with Gasteiger partial charge in [0.15, 0.2) is 17.3 Å². The van der Waals surface area contributed by atoms with E-state index in [0.29, 0.717) is 0 Å². The summed E-state index contributed by atoms with van der Waals surface area (Å²) >= 11 is 5.64. The zero-order valence-corrected chi connectivity index (χ0v) is 8.97. The lowest BCUT2D eigenvalue weighted by Crippen LogP contribution is -2.10. The first-order valence-electron chi connectivity index (χ1n) is 4.36. The van der Waals surface area contributed by atoms with Gasteiger partial charge in [0, 0.05) is 11.4 Å². The Morgan fingerprint density at radius 1 is 1.60 bits per heavy atom. The molecule has 0 unspecified atom stereocenters. The number of halogens is 2. The van der Waals surface area contributed by atoms with Crippen molar-refractivity contribution in [1.29, 1.82) is 0 Å². The second-order valence-electron chi connectivity index (χ2n) is 2.93. The van der Waals surface area contributed by atoms with E-state index < -0.39 is 5.82 Å². The molecule has 0 saturated carbocycles. The van der Waals surface area contributed by atoms with E-state index in [-0.39, 0.29) is 35.1 Å². The van der Waals surface area contributed by atoms with Crippen molar-refractivity contribution in [2.75, 3.05) is 13.7 Å². The van der Waals surface area contributed by atoms with Crippen LogP contribution in [0.5, 0.6) is 5.75 Å². The molecule has 0 aliphatic carbocycles. The van der Waals surface area contributed by atoms with Crippen molar-refractivity contribution in [2.45, 2.75) is 6.42 Å². The number of methoxy groups -OCH3 is 1. The van der Waals surface area contributed by atoms with Gasteiger partial charge in [0.05, 0.1) is 12.7 Å². The Hall–Kier alpha value is -1.13. The van der Waals surface area contributed by atoms with Gasteiger partial charge in [0.2, 0.25) is 0 Å². The maximum Gasteiger partial charge on any atom is 0.168 e. The van der Waals surface area contributed by atoms with Crippen molar-refractivity contribution in [1.82, 2.24) is 0 Å². The normalized spacial score (nSPS) is 10.1. The summed E-state index contributed by atoms with van der Waals surface area (Å²) < 4.78 is 18.1. The van der Waals surface area contributed by atoms with E-state index in [2.05, 4.69) is 0 Å². The van der Waals surface area contributed by atoms with Crippen molar-refractivity contribution in [3.05, 3.63) is 28.5 Å². The molecule has 0 aromatic heterocycles. The van der Waals surface area contributed by atoms with Crippen LogP contribution in [-0.4, -0.2) is 19.4 Å². The fourth-order valence-electron chi connectivity index (χ4n) is 1.24. The Kier molecular flexibility index (Phi) is 4.05. The first-order valence-corrected chi connectivity index (χ1v) is 4.74. The number of hydrogen-bond acceptors (Lipinski definition) is 3. The highest BCUT2D eigenvalue weighted by molar-refractivity contribution is 6.31. The quantitative estimate of drug-likeness (QED) is 0.807. The largest absolute Gasteiger partial charge is 0.493 e. The molecule has 0 bridgehead atoms. The van der Waals surface area contributed by atoms with Crippen LogP contribution >= 0.6 is 11.6 Å². The lowest BCUT2D eigenvalue weighted by Gasteiger charge is -2.08. The first kappa shape index (κ1) is 11.9. The Morgan fingerprint density at radius 3 is 2.80 bits per heavy atom. The van der Waals surface area contributed by atoms with Gasteiger partial charge in [0.25, 0.3) is 0 Å². The van der Waals surface area contributed by atoms with Crippen LogP contribution in [0.15, 0.2) is 12.1 Å². The van der Waals surface area contributed by atoms with E-state index in [9.17, 15) is 9.18 Å². The number of carbonyl (C=O) groups excluding carboxylic acids is 1. The molecule has 0 saturated heterocycles. The summed E-state index contributed by atoms with van der Waals surface area (Å²) in [5, 5.41) is 0.161. The molecule has 0 fully saturated rings. The molecule has 15 heavy (non-hydrogen) atoms. The number of ketones is 1. The Balaban J connectivity index is 3.20. The van der Waals surface area contributed by atoms with E-state index in [4.69, 9.17) is 22.1 Å². The van der Waals surface area contributed by atoms with Crippen LogP contribution in [-0.2, 0) is 0 Å². The SMILES string of the molecule is COc1c(F)cc(Cl)cc1C(=O)CCN. The number of hydrogen-bond donors (Lipinski definition) is 1. The first-order chi connectivity index (χ1) is 7.10. The molecule has 0 aliphatic rings. The predicted molar refractivity (Wildman–Crippen MR) is 56.0 cm³/mol. The Bertz CT molecular complexity index is 382. The molecular weight excluding hydrogens is 221 g/mol. The van der Waals surface area contributed by atoms with E-state index in [1.807, 2.05) is 0 Å². The fraction of sp³-hybridized carbons (Fsp3) is 0.300. The summed E-state index contributed by atoms with van der Waals surface area (Å²) in [7, 11) is 1.30. The number of Topliss-reactive ketones (excluding diaryl/α,β-unsaturated/α-hetero) is 1. The molecule has 0 atom stereocenters. The minimum absolute atomic E-state index is 0.0853. The van der Waals surface area contributed by atoms with E-state index in [0.717, 1.165) is 6.07 Å². The molecule has 0 heterocycles. The van der Waals surface area contributed by atoms with Crippen LogP contribution in [0.25, 0.3) is 0 Å². The summed E-state index contributed by atoms with van der Waals surface area (Å²) in [5.41, 5.74) is 5.38. The standard InChI is InChI=1S/C10H11ClFNO2/c1-15-10-7(9(14)2-3-13)4-6(11)5-8(10)12/h4-5H,2-3,13H2,1H3. The summed E-state index contributed by atoms with van der Waals surface area (Å²) in [5.74, 6) is -1.01. The van der Waals surface area contributed by atoms with Crippen molar-refractivity contribution < 1.29 is 13.9 Å². The monoisotopic (exact) mass is 231 g/mol. The van der Waals surface area contributed by atoms with Crippen molar-refractivity contribution in [3.8, 4) is 5.75 Å². The van der Waals surface area contributed by atoms with E-state index in [1.54, 1.807) is 0 Å². The molecule has 1 aromatic carbocycles. The van der Waals surface area contributed by atoms with Crippen molar-refractivity contribution in [2.24, 2.45) is 5.73 Å². The van der Waals surface area contributed by atoms with E-state index in [1.165, 1.54) is 13.2 Å². The highest BCUT2D eigenvalue weighted by atomic mass is 35.5. The van der Waals surface area contributed by atoms with Crippen LogP contribution in [0.4, 0.5) is 4.39 Å². The maximum atomic E-state index is 13.3. The topological polar surface area (TPSA) is 52.3 Å². The van der Waals surface area contributed by atoms with Gasteiger partial charge in [0.1, 0.15) is 0 Å². The number of carbonyl (C=O) groups is 1. The van der Waals surface area contributed by atoms with Gasteiger partial charge in [-0.2, -0.15) is 0 Å². The second kappa shape index (κ2) is 5.09. The molecular formula is C10H11ClFNO2. The highest BCUT2D eigenvalue weighted by Gasteiger charge is 2.16. The lowest BCUT2D eigenvalue weighted by atomic mass is 10.1. The Morgan fingerprint density at radius 2 is 2.27 bits per heavy atom. The molecule has 82 valence electrons. The number of benzene rings is 1. The second-order valence-corrected chi connectivity index (χ2v) is 3.37. The van der Waals surface area contributed by atoms with Crippen LogP contribution in [0.3, 0.4) is 0 Å². The molecule has 3 nitrogen and oxygen atoms in total. The predicted octanol–water partition coefficient (Wildman–Crippen LogP) is 2.02. The molecule has 0 aliphatic heterocycles. The van der Waals surface area contributed by atoms with Crippen LogP contribution in [0.2, 0.25) is 5.02 Å². The molecule has 2 N–H and O–H groups in total. The van der Waals surface area contributed by atoms with Gasteiger partial charge >= 0.3 is 0 Å². The van der Waals surface area contributed by atoms with Crippen molar-refractivity contribution >= 4 is 17.4 Å². The molecule has 0 radical (unpaired) electrons. The third-order valence-electron chi connectivity index (χ3n) is 1.88. The average Bonchev–Trinajstić information content (AvgIpc) is 2.17.